The van der Waals surface area contributed by atoms with E-state index in [9.17, 15) is 8.42 Å². The molecule has 40 heavy (non-hydrogen) atoms. The van der Waals surface area contributed by atoms with Crippen molar-refractivity contribution in [1.82, 2.24) is 9.30 Å². The summed E-state index contributed by atoms with van der Waals surface area (Å²) in [5.41, 5.74) is 3.69. The Morgan fingerprint density at radius 2 is 1.68 bits per heavy atom. The van der Waals surface area contributed by atoms with Crippen LogP contribution < -0.4 is 14.2 Å². The summed E-state index contributed by atoms with van der Waals surface area (Å²) < 4.78 is 46.1. The Hall–Kier alpha value is -3.49. The van der Waals surface area contributed by atoms with E-state index in [1.807, 2.05) is 61.8 Å². The predicted octanol–water partition coefficient (Wildman–Crippen LogP) is 6.16. The molecule has 0 aliphatic carbocycles. The summed E-state index contributed by atoms with van der Waals surface area (Å²) in [7, 11) is 1.67. The number of ether oxygens (including phenoxy) is 3. The highest BCUT2D eigenvalue weighted by atomic mass is 32.2. The van der Waals surface area contributed by atoms with Crippen molar-refractivity contribution in [1.29, 1.82) is 0 Å². The second-order valence-electron chi connectivity index (χ2n) is 10.4. The average molecular weight is 565 g/mol. The molecule has 0 saturated heterocycles. The molecule has 0 unspecified atom stereocenters. The summed E-state index contributed by atoms with van der Waals surface area (Å²) in [6, 6.07) is 16.7. The quantitative estimate of drug-likeness (QED) is 0.181. The van der Waals surface area contributed by atoms with E-state index in [4.69, 9.17) is 14.2 Å². The SMILES string of the molecule is COc1ccc(CCN(C)CCCOc2ccc(S(=O)(=O)c3c(C(C)C)cn4cccc(C)c34)cc2)cc1OC. The maximum Gasteiger partial charge on any atom is 0.209 e. The molecule has 2 aromatic carbocycles. The van der Waals surface area contributed by atoms with Gasteiger partial charge in [0, 0.05) is 25.5 Å². The molecule has 0 atom stereocenters. The minimum atomic E-state index is -3.71. The van der Waals surface area contributed by atoms with Crippen LogP contribution in [0.4, 0.5) is 0 Å². The van der Waals surface area contributed by atoms with Crippen LogP contribution in [0.3, 0.4) is 0 Å². The van der Waals surface area contributed by atoms with E-state index in [-0.39, 0.29) is 10.8 Å². The van der Waals surface area contributed by atoms with Gasteiger partial charge in [-0.05, 0) is 91.9 Å². The fourth-order valence-corrected chi connectivity index (χ4v) is 6.75. The van der Waals surface area contributed by atoms with Crippen LogP contribution in [0.25, 0.3) is 5.52 Å². The van der Waals surface area contributed by atoms with Crippen molar-refractivity contribution in [3.8, 4) is 17.2 Å². The molecule has 0 aliphatic heterocycles. The largest absolute Gasteiger partial charge is 0.494 e. The average Bonchev–Trinajstić information content (AvgIpc) is 3.37. The summed E-state index contributed by atoms with van der Waals surface area (Å²) in [6.45, 7) is 8.34. The molecule has 4 aromatic rings. The van der Waals surface area contributed by atoms with Gasteiger partial charge in [-0.15, -0.1) is 0 Å². The molecule has 0 amide bonds. The van der Waals surface area contributed by atoms with E-state index in [2.05, 4.69) is 18.0 Å². The van der Waals surface area contributed by atoms with E-state index in [1.54, 1.807) is 38.5 Å². The van der Waals surface area contributed by atoms with Crippen molar-refractivity contribution in [2.45, 2.75) is 49.3 Å². The van der Waals surface area contributed by atoms with Gasteiger partial charge in [0.1, 0.15) is 10.6 Å². The zero-order chi connectivity index (χ0) is 28.9. The monoisotopic (exact) mass is 564 g/mol. The third kappa shape index (κ3) is 6.45. The number of rotatable bonds is 13. The first-order chi connectivity index (χ1) is 19.1. The molecular formula is C32H40N2O5S. The van der Waals surface area contributed by atoms with Crippen LogP contribution in [0.2, 0.25) is 0 Å². The van der Waals surface area contributed by atoms with Crippen molar-refractivity contribution in [3.05, 3.63) is 83.7 Å². The van der Waals surface area contributed by atoms with Crippen molar-refractivity contribution in [2.75, 3.05) is 41.0 Å². The van der Waals surface area contributed by atoms with Crippen molar-refractivity contribution in [2.24, 2.45) is 0 Å². The number of sulfone groups is 1. The van der Waals surface area contributed by atoms with Gasteiger partial charge in [-0.2, -0.15) is 0 Å². The van der Waals surface area contributed by atoms with E-state index >= 15 is 0 Å². The highest BCUT2D eigenvalue weighted by Crippen LogP contribution is 2.35. The summed E-state index contributed by atoms with van der Waals surface area (Å²) >= 11 is 0. The molecule has 0 spiro atoms. The van der Waals surface area contributed by atoms with Crippen molar-refractivity contribution < 1.29 is 22.6 Å². The Balaban J connectivity index is 1.33. The number of hydrogen-bond donors (Lipinski definition) is 0. The van der Waals surface area contributed by atoms with Crippen LogP contribution in [-0.4, -0.2) is 58.7 Å². The fraction of sp³-hybridized carbons (Fsp3) is 0.375. The Morgan fingerprint density at radius 1 is 0.950 bits per heavy atom. The number of likely N-dealkylation sites (N-methyl/N-ethyl adjacent to an activating group) is 1. The standard InChI is InChI=1S/C32H40N2O5S/c1-23(2)28-22-34-18-7-9-24(3)31(34)32(28)40(35,36)27-13-11-26(12-14-27)39-20-8-17-33(4)19-16-25-10-15-29(37-5)30(21-25)38-6/h7,9-15,18,21-23H,8,16-17,19-20H2,1-6H3. The van der Waals surface area contributed by atoms with Crippen LogP contribution in [0.15, 0.2) is 76.8 Å². The molecule has 0 N–H and O–H groups in total. The van der Waals surface area contributed by atoms with Gasteiger partial charge < -0.3 is 23.5 Å². The number of fused-ring (bicyclic) bond motifs is 1. The van der Waals surface area contributed by atoms with Crippen LogP contribution in [0, 0.1) is 6.92 Å². The molecule has 214 valence electrons. The highest BCUT2D eigenvalue weighted by molar-refractivity contribution is 7.91. The van der Waals surface area contributed by atoms with E-state index in [1.165, 1.54) is 5.56 Å². The second kappa shape index (κ2) is 12.8. The Morgan fingerprint density at radius 3 is 2.35 bits per heavy atom. The normalized spacial score (nSPS) is 11.9. The zero-order valence-electron chi connectivity index (χ0n) is 24.3. The Labute approximate surface area is 238 Å². The van der Waals surface area contributed by atoms with E-state index in [0.717, 1.165) is 54.1 Å². The van der Waals surface area contributed by atoms with Gasteiger partial charge in [-0.25, -0.2) is 8.42 Å². The van der Waals surface area contributed by atoms with Crippen LogP contribution >= 0.6 is 0 Å². The first-order valence-corrected chi connectivity index (χ1v) is 15.1. The minimum Gasteiger partial charge on any atom is -0.494 e. The number of benzene rings is 2. The summed E-state index contributed by atoms with van der Waals surface area (Å²) in [5, 5.41) is 0. The molecule has 0 radical (unpaired) electrons. The number of aryl methyl sites for hydroxylation is 1. The lowest BCUT2D eigenvalue weighted by molar-refractivity contribution is 0.264. The predicted molar refractivity (Wildman–Crippen MR) is 159 cm³/mol. The van der Waals surface area contributed by atoms with Crippen LogP contribution in [0.5, 0.6) is 17.2 Å². The first-order valence-electron chi connectivity index (χ1n) is 13.6. The maximum atomic E-state index is 13.8. The van der Waals surface area contributed by atoms with Gasteiger partial charge in [0.05, 0.1) is 31.2 Å². The zero-order valence-corrected chi connectivity index (χ0v) is 25.1. The number of nitrogens with zero attached hydrogens (tertiary/aromatic N) is 2. The van der Waals surface area contributed by atoms with Crippen LogP contribution in [-0.2, 0) is 16.3 Å². The van der Waals surface area contributed by atoms with Crippen molar-refractivity contribution >= 4 is 15.4 Å². The molecule has 0 saturated carbocycles. The Bertz CT molecular complexity index is 1540. The second-order valence-corrected chi connectivity index (χ2v) is 12.3. The third-order valence-electron chi connectivity index (χ3n) is 7.19. The number of aromatic nitrogens is 1. The molecule has 0 aliphatic rings. The highest BCUT2D eigenvalue weighted by Gasteiger charge is 2.28. The molecule has 7 nitrogen and oxygen atoms in total. The van der Waals surface area contributed by atoms with Crippen molar-refractivity contribution in [3.63, 3.8) is 0 Å². The van der Waals surface area contributed by atoms with Gasteiger partial charge in [-0.3, -0.25) is 0 Å². The maximum absolute atomic E-state index is 13.8. The smallest absolute Gasteiger partial charge is 0.209 e. The Kier molecular flexibility index (Phi) is 9.43. The van der Waals surface area contributed by atoms with E-state index < -0.39 is 9.84 Å². The summed E-state index contributed by atoms with van der Waals surface area (Å²) in [6.07, 6.45) is 5.60. The number of pyridine rings is 1. The van der Waals surface area contributed by atoms with Gasteiger partial charge >= 0.3 is 0 Å². The molecule has 2 aromatic heterocycles. The van der Waals surface area contributed by atoms with Gasteiger partial charge in [0.25, 0.3) is 0 Å². The minimum absolute atomic E-state index is 0.0730. The third-order valence-corrected chi connectivity index (χ3v) is 9.05. The molecular weight excluding hydrogens is 524 g/mol. The molecule has 0 bridgehead atoms. The topological polar surface area (TPSA) is 69.5 Å². The molecule has 2 heterocycles. The molecule has 4 rings (SSSR count). The van der Waals surface area contributed by atoms with Crippen LogP contribution in [0.1, 0.15) is 42.9 Å². The first kappa shape index (κ1) is 29.5. The van der Waals surface area contributed by atoms with Gasteiger partial charge in [0.2, 0.25) is 9.84 Å². The summed E-state index contributed by atoms with van der Waals surface area (Å²) in [4.78, 5) is 2.94. The van der Waals surface area contributed by atoms with Gasteiger partial charge in [-0.1, -0.05) is 26.0 Å². The summed E-state index contributed by atoms with van der Waals surface area (Å²) in [5.74, 6) is 2.21. The number of methoxy groups -OCH3 is 2. The molecule has 0 fully saturated rings. The lowest BCUT2D eigenvalue weighted by atomic mass is 10.1. The fourth-order valence-electron chi connectivity index (χ4n) is 4.91. The lowest BCUT2D eigenvalue weighted by Gasteiger charge is -2.17. The molecule has 8 heteroatoms. The van der Waals surface area contributed by atoms with Gasteiger partial charge in [0.15, 0.2) is 11.5 Å². The lowest BCUT2D eigenvalue weighted by Crippen LogP contribution is -2.23. The van der Waals surface area contributed by atoms with E-state index in [0.29, 0.717) is 17.3 Å². The number of hydrogen-bond acceptors (Lipinski definition) is 6.